The molecule has 2 heteroatoms. The molecule has 1 saturated carbocycles. The van der Waals surface area contributed by atoms with Crippen LogP contribution in [-0.2, 0) is 4.74 Å². The molecule has 1 aliphatic carbocycles. The zero-order chi connectivity index (χ0) is 9.90. The molecule has 0 heterocycles. The topological polar surface area (TPSA) is 33.0 Å². The van der Waals surface area contributed by atoms with Crippen LogP contribution in [0.4, 0.5) is 0 Å². The minimum Gasteiger partial charge on any atom is -0.373 e. The molecule has 0 saturated heterocycles. The Hall–Kier alpha value is -0.550. The molecule has 0 radical (unpaired) electrons. The highest BCUT2D eigenvalue weighted by molar-refractivity contribution is 4.87. The maximum Gasteiger partial charge on any atom is 0.0655 e. The molecule has 0 atom stereocenters. The predicted octanol–water partition coefficient (Wildman–Crippen LogP) is 2.88. The first-order valence-electron chi connectivity index (χ1n) is 5.09. The maximum atomic E-state index is 8.72. The highest BCUT2D eigenvalue weighted by Crippen LogP contribution is 2.28. The van der Waals surface area contributed by atoms with Gasteiger partial charge in [0.2, 0.25) is 0 Å². The van der Waals surface area contributed by atoms with Crippen molar-refractivity contribution >= 4 is 0 Å². The van der Waals surface area contributed by atoms with Crippen LogP contribution in [0.1, 0.15) is 46.5 Å². The summed E-state index contributed by atoms with van der Waals surface area (Å²) < 4.78 is 5.86. The Morgan fingerprint density at radius 3 is 2.08 bits per heavy atom. The molecule has 0 bridgehead atoms. The standard InChI is InChI=1S/C11H19NO/c1-11(2,3)13-10-6-4-9(8-12)5-7-10/h9-10H,4-7H2,1-3H3. The average Bonchev–Trinajstić information content (AvgIpc) is 2.03. The molecule has 2 nitrogen and oxygen atoms in total. The molecule has 0 aromatic carbocycles. The van der Waals surface area contributed by atoms with Crippen molar-refractivity contribution in [3.05, 3.63) is 0 Å². The van der Waals surface area contributed by atoms with Crippen molar-refractivity contribution in [1.82, 2.24) is 0 Å². The van der Waals surface area contributed by atoms with Crippen LogP contribution in [0.15, 0.2) is 0 Å². The van der Waals surface area contributed by atoms with Gasteiger partial charge in [0, 0.05) is 5.92 Å². The third-order valence-electron chi connectivity index (χ3n) is 2.38. The summed E-state index contributed by atoms with van der Waals surface area (Å²) in [6.07, 6.45) is 4.50. The Balaban J connectivity index is 2.30. The van der Waals surface area contributed by atoms with E-state index in [1.807, 2.05) is 0 Å². The summed E-state index contributed by atoms with van der Waals surface area (Å²) in [6, 6.07) is 2.33. The lowest BCUT2D eigenvalue weighted by Crippen LogP contribution is -2.30. The summed E-state index contributed by atoms with van der Waals surface area (Å²) >= 11 is 0. The van der Waals surface area contributed by atoms with Crippen LogP contribution in [-0.4, -0.2) is 11.7 Å². The molecular weight excluding hydrogens is 162 g/mol. The van der Waals surface area contributed by atoms with Gasteiger partial charge in [-0.1, -0.05) is 0 Å². The van der Waals surface area contributed by atoms with Crippen LogP contribution >= 0.6 is 0 Å². The Labute approximate surface area is 80.9 Å². The summed E-state index contributed by atoms with van der Waals surface area (Å²) in [7, 11) is 0. The van der Waals surface area contributed by atoms with E-state index in [1.165, 1.54) is 0 Å². The van der Waals surface area contributed by atoms with E-state index in [0.29, 0.717) is 6.10 Å². The van der Waals surface area contributed by atoms with E-state index in [4.69, 9.17) is 10.00 Å². The van der Waals surface area contributed by atoms with E-state index < -0.39 is 0 Å². The lowest BCUT2D eigenvalue weighted by atomic mass is 9.88. The first-order chi connectivity index (χ1) is 6.01. The van der Waals surface area contributed by atoms with Gasteiger partial charge in [-0.3, -0.25) is 0 Å². The van der Waals surface area contributed by atoms with Crippen LogP contribution in [0.25, 0.3) is 0 Å². The highest BCUT2D eigenvalue weighted by atomic mass is 16.5. The van der Waals surface area contributed by atoms with Gasteiger partial charge < -0.3 is 4.74 Å². The summed E-state index contributed by atoms with van der Waals surface area (Å²) in [5, 5.41) is 8.72. The Morgan fingerprint density at radius 2 is 1.69 bits per heavy atom. The third kappa shape index (κ3) is 3.78. The van der Waals surface area contributed by atoms with Gasteiger partial charge in [-0.25, -0.2) is 0 Å². The van der Waals surface area contributed by atoms with Gasteiger partial charge in [-0.2, -0.15) is 5.26 Å². The van der Waals surface area contributed by atoms with E-state index in [0.717, 1.165) is 25.7 Å². The SMILES string of the molecule is CC(C)(C)OC1CCC(C#N)CC1. The van der Waals surface area contributed by atoms with Crippen LogP contribution in [0.3, 0.4) is 0 Å². The monoisotopic (exact) mass is 181 g/mol. The summed E-state index contributed by atoms with van der Waals surface area (Å²) in [5.74, 6) is 0.278. The first-order valence-corrected chi connectivity index (χ1v) is 5.09. The number of ether oxygens (including phenoxy) is 1. The van der Waals surface area contributed by atoms with Crippen molar-refractivity contribution in [3.63, 3.8) is 0 Å². The molecular formula is C11H19NO. The van der Waals surface area contributed by atoms with Gasteiger partial charge in [-0.15, -0.1) is 0 Å². The average molecular weight is 181 g/mol. The van der Waals surface area contributed by atoms with E-state index >= 15 is 0 Å². The first kappa shape index (κ1) is 10.5. The lowest BCUT2D eigenvalue weighted by molar-refractivity contribution is -0.0760. The molecule has 1 rings (SSSR count). The van der Waals surface area contributed by atoms with Crippen molar-refractivity contribution < 1.29 is 4.74 Å². The fraction of sp³-hybridized carbons (Fsp3) is 0.909. The molecule has 0 N–H and O–H groups in total. The zero-order valence-corrected chi connectivity index (χ0v) is 8.84. The quantitative estimate of drug-likeness (QED) is 0.623. The molecule has 0 amide bonds. The second-order valence-corrected chi connectivity index (χ2v) is 4.83. The van der Waals surface area contributed by atoms with Gasteiger partial charge in [0.05, 0.1) is 17.8 Å². The lowest BCUT2D eigenvalue weighted by Gasteiger charge is -2.31. The molecule has 0 unspecified atom stereocenters. The highest BCUT2D eigenvalue weighted by Gasteiger charge is 2.24. The van der Waals surface area contributed by atoms with Crippen molar-refractivity contribution in [3.8, 4) is 6.07 Å². The van der Waals surface area contributed by atoms with Crippen LogP contribution < -0.4 is 0 Å². The summed E-state index contributed by atoms with van der Waals surface area (Å²) in [6.45, 7) is 6.26. The van der Waals surface area contributed by atoms with Crippen LogP contribution in [0, 0.1) is 17.2 Å². The van der Waals surface area contributed by atoms with Crippen LogP contribution in [0.5, 0.6) is 0 Å². The van der Waals surface area contributed by atoms with Gasteiger partial charge in [0.15, 0.2) is 0 Å². The van der Waals surface area contributed by atoms with Gasteiger partial charge in [-0.05, 0) is 46.5 Å². The maximum absolute atomic E-state index is 8.72. The molecule has 0 aromatic heterocycles. The molecule has 1 fully saturated rings. The molecule has 1 aliphatic rings. The summed E-state index contributed by atoms with van der Waals surface area (Å²) in [5.41, 5.74) is -0.0376. The number of nitriles is 1. The molecule has 0 aliphatic heterocycles. The smallest absolute Gasteiger partial charge is 0.0655 e. The largest absolute Gasteiger partial charge is 0.373 e. The Bertz CT molecular complexity index is 191. The molecule has 74 valence electrons. The van der Waals surface area contributed by atoms with E-state index in [9.17, 15) is 0 Å². The molecule has 13 heavy (non-hydrogen) atoms. The van der Waals surface area contributed by atoms with Crippen molar-refractivity contribution in [2.24, 2.45) is 5.92 Å². The fourth-order valence-corrected chi connectivity index (χ4v) is 1.81. The van der Waals surface area contributed by atoms with E-state index in [-0.39, 0.29) is 11.5 Å². The predicted molar refractivity (Wildman–Crippen MR) is 52.2 cm³/mol. The number of hydrogen-bond donors (Lipinski definition) is 0. The fourth-order valence-electron chi connectivity index (χ4n) is 1.81. The number of hydrogen-bond acceptors (Lipinski definition) is 2. The second kappa shape index (κ2) is 4.11. The Morgan fingerprint density at radius 1 is 1.15 bits per heavy atom. The van der Waals surface area contributed by atoms with Gasteiger partial charge in [0.25, 0.3) is 0 Å². The van der Waals surface area contributed by atoms with Crippen molar-refractivity contribution in [1.29, 1.82) is 5.26 Å². The van der Waals surface area contributed by atoms with Gasteiger partial charge in [0.1, 0.15) is 0 Å². The van der Waals surface area contributed by atoms with Crippen molar-refractivity contribution in [2.45, 2.75) is 58.2 Å². The second-order valence-electron chi connectivity index (χ2n) is 4.83. The minimum atomic E-state index is -0.0376. The minimum absolute atomic E-state index is 0.0376. The molecule has 0 spiro atoms. The van der Waals surface area contributed by atoms with E-state index in [1.54, 1.807) is 0 Å². The number of nitrogens with zero attached hydrogens (tertiary/aromatic N) is 1. The van der Waals surface area contributed by atoms with Crippen molar-refractivity contribution in [2.75, 3.05) is 0 Å². The molecule has 0 aromatic rings. The normalized spacial score (nSPS) is 29.7. The summed E-state index contributed by atoms with van der Waals surface area (Å²) in [4.78, 5) is 0. The third-order valence-corrected chi connectivity index (χ3v) is 2.38. The zero-order valence-electron chi connectivity index (χ0n) is 8.84. The Kier molecular flexibility index (Phi) is 3.33. The van der Waals surface area contributed by atoms with Gasteiger partial charge >= 0.3 is 0 Å². The number of rotatable bonds is 1. The van der Waals surface area contributed by atoms with Crippen LogP contribution in [0.2, 0.25) is 0 Å². The van der Waals surface area contributed by atoms with E-state index in [2.05, 4.69) is 26.8 Å².